The smallest absolute Gasteiger partial charge is 0.132 e. The highest BCUT2D eigenvalue weighted by molar-refractivity contribution is 5.28. The number of hydrogen-bond acceptors (Lipinski definition) is 2. The SMILES string of the molecule is OC1(c2c(F)cccc2F)CC2CCCC(C1)N2. The van der Waals surface area contributed by atoms with Crippen molar-refractivity contribution in [1.29, 1.82) is 0 Å². The van der Waals surface area contributed by atoms with Crippen LogP contribution in [0.3, 0.4) is 0 Å². The number of nitrogens with one attached hydrogen (secondary N) is 1. The highest BCUT2D eigenvalue weighted by Gasteiger charge is 2.44. The molecular weight excluding hydrogens is 236 g/mol. The lowest BCUT2D eigenvalue weighted by molar-refractivity contribution is -0.0409. The molecule has 2 aliphatic rings. The van der Waals surface area contributed by atoms with E-state index in [1.165, 1.54) is 18.2 Å². The fourth-order valence-electron chi connectivity index (χ4n) is 3.48. The number of aliphatic hydroxyl groups is 1. The number of benzene rings is 1. The van der Waals surface area contributed by atoms with Gasteiger partial charge < -0.3 is 10.4 Å². The van der Waals surface area contributed by atoms with Crippen LogP contribution in [-0.4, -0.2) is 17.2 Å². The van der Waals surface area contributed by atoms with E-state index in [2.05, 4.69) is 5.32 Å². The van der Waals surface area contributed by atoms with Crippen LogP contribution in [0, 0.1) is 11.6 Å². The predicted octanol–water partition coefficient (Wildman–Crippen LogP) is 2.46. The molecule has 2 atom stereocenters. The Labute approximate surface area is 105 Å². The number of rotatable bonds is 1. The molecule has 0 saturated carbocycles. The van der Waals surface area contributed by atoms with E-state index in [-0.39, 0.29) is 17.6 Å². The van der Waals surface area contributed by atoms with Crippen LogP contribution in [0.1, 0.15) is 37.7 Å². The second kappa shape index (κ2) is 4.28. The second-order valence-electron chi connectivity index (χ2n) is 5.53. The zero-order valence-corrected chi connectivity index (χ0v) is 10.1. The Balaban J connectivity index is 1.99. The van der Waals surface area contributed by atoms with Crippen molar-refractivity contribution in [3.63, 3.8) is 0 Å². The topological polar surface area (TPSA) is 32.3 Å². The highest BCUT2D eigenvalue weighted by Crippen LogP contribution is 2.41. The van der Waals surface area contributed by atoms with E-state index in [0.29, 0.717) is 12.8 Å². The van der Waals surface area contributed by atoms with E-state index in [1.807, 2.05) is 0 Å². The number of fused-ring (bicyclic) bond motifs is 2. The van der Waals surface area contributed by atoms with E-state index < -0.39 is 17.2 Å². The second-order valence-corrected chi connectivity index (χ2v) is 5.53. The summed E-state index contributed by atoms with van der Waals surface area (Å²) < 4.78 is 27.7. The summed E-state index contributed by atoms with van der Waals surface area (Å²) in [5, 5.41) is 14.1. The Morgan fingerprint density at radius 1 is 1.11 bits per heavy atom. The summed E-state index contributed by atoms with van der Waals surface area (Å²) in [7, 11) is 0. The Morgan fingerprint density at radius 3 is 2.22 bits per heavy atom. The van der Waals surface area contributed by atoms with Crippen molar-refractivity contribution in [1.82, 2.24) is 5.32 Å². The van der Waals surface area contributed by atoms with Crippen molar-refractivity contribution in [2.45, 2.75) is 49.8 Å². The average Bonchev–Trinajstić information content (AvgIpc) is 2.27. The molecule has 3 rings (SSSR count). The van der Waals surface area contributed by atoms with Gasteiger partial charge in [0, 0.05) is 12.1 Å². The van der Waals surface area contributed by atoms with Gasteiger partial charge in [0.05, 0.1) is 11.2 Å². The summed E-state index contributed by atoms with van der Waals surface area (Å²) in [6.07, 6.45) is 3.84. The fraction of sp³-hybridized carbons (Fsp3) is 0.571. The van der Waals surface area contributed by atoms with Crippen LogP contribution in [0.15, 0.2) is 18.2 Å². The summed E-state index contributed by atoms with van der Waals surface area (Å²) in [4.78, 5) is 0. The van der Waals surface area contributed by atoms with Gasteiger partial charge in [0.1, 0.15) is 11.6 Å². The predicted molar refractivity (Wildman–Crippen MR) is 64.1 cm³/mol. The van der Waals surface area contributed by atoms with Gasteiger partial charge in [0.15, 0.2) is 0 Å². The molecule has 0 aromatic heterocycles. The van der Waals surface area contributed by atoms with Crippen LogP contribution in [0.5, 0.6) is 0 Å². The molecule has 4 heteroatoms. The van der Waals surface area contributed by atoms with Crippen molar-refractivity contribution < 1.29 is 13.9 Å². The summed E-state index contributed by atoms with van der Waals surface area (Å²) in [6, 6.07) is 4.10. The van der Waals surface area contributed by atoms with Crippen molar-refractivity contribution >= 4 is 0 Å². The van der Waals surface area contributed by atoms with Crippen LogP contribution in [0.4, 0.5) is 8.78 Å². The van der Waals surface area contributed by atoms with Crippen LogP contribution in [0.2, 0.25) is 0 Å². The molecule has 98 valence electrons. The van der Waals surface area contributed by atoms with Gasteiger partial charge in [0.25, 0.3) is 0 Å². The van der Waals surface area contributed by atoms with Crippen LogP contribution in [0.25, 0.3) is 0 Å². The standard InChI is InChI=1S/C14H17F2NO/c15-11-5-2-6-12(16)13(11)14(18)7-9-3-1-4-10(8-14)17-9/h2,5-6,9-10,17-18H,1,3-4,7-8H2. The van der Waals surface area contributed by atoms with E-state index in [4.69, 9.17) is 0 Å². The molecule has 2 heterocycles. The third kappa shape index (κ3) is 1.93. The highest BCUT2D eigenvalue weighted by atomic mass is 19.1. The van der Waals surface area contributed by atoms with Gasteiger partial charge in [-0.15, -0.1) is 0 Å². The Hall–Kier alpha value is -1.00. The lowest BCUT2D eigenvalue weighted by Crippen LogP contribution is -2.54. The molecule has 2 saturated heterocycles. The summed E-state index contributed by atoms with van der Waals surface area (Å²) in [5.41, 5.74) is -1.51. The minimum absolute atomic E-state index is 0.150. The van der Waals surface area contributed by atoms with Crippen molar-refractivity contribution in [3.05, 3.63) is 35.4 Å². The van der Waals surface area contributed by atoms with Crippen LogP contribution >= 0.6 is 0 Å². The quantitative estimate of drug-likeness (QED) is 0.805. The number of hydrogen-bond donors (Lipinski definition) is 2. The molecule has 2 fully saturated rings. The van der Waals surface area contributed by atoms with E-state index in [1.54, 1.807) is 0 Å². The van der Waals surface area contributed by atoms with Gasteiger partial charge in [-0.2, -0.15) is 0 Å². The maximum absolute atomic E-state index is 13.8. The molecule has 2 unspecified atom stereocenters. The first kappa shape index (κ1) is 12.1. The molecular formula is C14H17F2NO. The molecule has 2 nitrogen and oxygen atoms in total. The molecule has 0 amide bonds. The lowest BCUT2D eigenvalue weighted by Gasteiger charge is -2.45. The Kier molecular flexibility index (Phi) is 2.87. The molecule has 2 N–H and O–H groups in total. The fourth-order valence-corrected chi connectivity index (χ4v) is 3.48. The molecule has 0 spiro atoms. The first-order valence-corrected chi connectivity index (χ1v) is 6.51. The zero-order valence-electron chi connectivity index (χ0n) is 10.1. The molecule has 0 aliphatic carbocycles. The molecule has 0 radical (unpaired) electrons. The monoisotopic (exact) mass is 253 g/mol. The zero-order chi connectivity index (χ0) is 12.8. The third-order valence-corrected chi connectivity index (χ3v) is 4.17. The Bertz CT molecular complexity index is 431. The summed E-state index contributed by atoms with van der Waals surface area (Å²) >= 11 is 0. The van der Waals surface area contributed by atoms with Gasteiger partial charge >= 0.3 is 0 Å². The maximum Gasteiger partial charge on any atom is 0.132 e. The lowest BCUT2D eigenvalue weighted by atomic mass is 9.73. The first-order chi connectivity index (χ1) is 8.58. The number of halogens is 2. The minimum atomic E-state index is -1.36. The Morgan fingerprint density at radius 2 is 1.67 bits per heavy atom. The minimum Gasteiger partial charge on any atom is -0.385 e. The molecule has 1 aromatic carbocycles. The summed E-state index contributed by atoms with van der Waals surface area (Å²) in [5.74, 6) is -1.28. The first-order valence-electron chi connectivity index (χ1n) is 6.51. The van der Waals surface area contributed by atoms with Crippen LogP contribution in [-0.2, 0) is 5.60 Å². The van der Waals surface area contributed by atoms with E-state index in [0.717, 1.165) is 19.3 Å². The molecule has 2 aliphatic heterocycles. The normalized spacial score (nSPS) is 35.5. The maximum atomic E-state index is 13.8. The molecule has 2 bridgehead atoms. The molecule has 1 aromatic rings. The van der Waals surface area contributed by atoms with Gasteiger partial charge in [-0.3, -0.25) is 0 Å². The molecule has 18 heavy (non-hydrogen) atoms. The van der Waals surface area contributed by atoms with Crippen molar-refractivity contribution in [2.75, 3.05) is 0 Å². The van der Waals surface area contributed by atoms with E-state index >= 15 is 0 Å². The van der Waals surface area contributed by atoms with Gasteiger partial charge in [0.2, 0.25) is 0 Å². The summed E-state index contributed by atoms with van der Waals surface area (Å²) in [6.45, 7) is 0. The third-order valence-electron chi connectivity index (χ3n) is 4.17. The largest absolute Gasteiger partial charge is 0.385 e. The van der Waals surface area contributed by atoms with Gasteiger partial charge in [-0.05, 0) is 37.8 Å². The van der Waals surface area contributed by atoms with Crippen LogP contribution < -0.4 is 5.32 Å². The van der Waals surface area contributed by atoms with Crippen molar-refractivity contribution in [2.24, 2.45) is 0 Å². The average molecular weight is 253 g/mol. The number of piperidine rings is 2. The van der Waals surface area contributed by atoms with Gasteiger partial charge in [-0.1, -0.05) is 12.5 Å². The van der Waals surface area contributed by atoms with E-state index in [9.17, 15) is 13.9 Å². The van der Waals surface area contributed by atoms with Gasteiger partial charge in [-0.25, -0.2) is 8.78 Å². The van der Waals surface area contributed by atoms with Crippen molar-refractivity contribution in [3.8, 4) is 0 Å².